The number of sulfonamides is 1. The summed E-state index contributed by atoms with van der Waals surface area (Å²) in [6.45, 7) is 0.781. The molecule has 2 aromatic rings. The first-order valence-corrected chi connectivity index (χ1v) is 9.84. The number of hydrogen-bond acceptors (Lipinski definition) is 5. The molecule has 144 valence electrons. The smallest absolute Gasteiger partial charge is 0.265 e. The lowest BCUT2D eigenvalue weighted by molar-refractivity contribution is -0.179. The predicted octanol–water partition coefficient (Wildman–Crippen LogP) is 2.33. The van der Waals surface area contributed by atoms with Gasteiger partial charge in [-0.25, -0.2) is 12.8 Å². The number of benzene rings is 2. The van der Waals surface area contributed by atoms with Gasteiger partial charge in [0.2, 0.25) is 0 Å². The molecule has 0 saturated carbocycles. The number of rotatable bonds is 5. The lowest BCUT2D eigenvalue weighted by atomic mass is 10.00. The minimum Gasteiger partial charge on any atom is -0.381 e. The van der Waals surface area contributed by atoms with E-state index in [2.05, 4.69) is 0 Å². The third-order valence-corrected chi connectivity index (χ3v) is 5.63. The van der Waals surface area contributed by atoms with E-state index in [-0.39, 0.29) is 15.9 Å². The Kier molecular flexibility index (Phi) is 5.85. The highest BCUT2D eigenvalue weighted by atomic mass is 32.2. The van der Waals surface area contributed by atoms with E-state index in [0.717, 1.165) is 5.56 Å². The van der Waals surface area contributed by atoms with Crippen molar-refractivity contribution < 1.29 is 27.5 Å². The van der Waals surface area contributed by atoms with Crippen molar-refractivity contribution in [3.63, 3.8) is 0 Å². The molecule has 3 rings (SSSR count). The second kappa shape index (κ2) is 8.13. The first-order chi connectivity index (χ1) is 12.9. The maximum atomic E-state index is 13.0. The van der Waals surface area contributed by atoms with Crippen molar-refractivity contribution in [1.29, 1.82) is 0 Å². The first kappa shape index (κ1) is 19.4. The SMILES string of the molecule is O=C(C1CCOCC1)N(O)NS(=O)(=O)c1ccc(-c2ccc(F)cc2)cc1. The molecule has 27 heavy (non-hydrogen) atoms. The van der Waals surface area contributed by atoms with Crippen LogP contribution in [0.2, 0.25) is 0 Å². The van der Waals surface area contributed by atoms with Crippen molar-refractivity contribution in [3.05, 3.63) is 54.3 Å². The van der Waals surface area contributed by atoms with Crippen LogP contribution in [0.1, 0.15) is 12.8 Å². The average Bonchev–Trinajstić information content (AvgIpc) is 2.68. The summed E-state index contributed by atoms with van der Waals surface area (Å²) >= 11 is 0. The number of hydrogen-bond donors (Lipinski definition) is 2. The molecule has 0 aromatic heterocycles. The maximum Gasteiger partial charge on any atom is 0.265 e. The van der Waals surface area contributed by atoms with Gasteiger partial charge in [0.1, 0.15) is 5.82 Å². The lowest BCUT2D eigenvalue weighted by Gasteiger charge is -2.24. The molecule has 2 aromatic carbocycles. The fraction of sp³-hybridized carbons (Fsp3) is 0.278. The van der Waals surface area contributed by atoms with E-state index >= 15 is 0 Å². The largest absolute Gasteiger partial charge is 0.381 e. The van der Waals surface area contributed by atoms with E-state index in [1.165, 1.54) is 24.3 Å². The quantitative estimate of drug-likeness (QED) is 0.599. The fourth-order valence-corrected chi connectivity index (χ4v) is 3.72. The molecule has 0 bridgehead atoms. The Morgan fingerprint density at radius 3 is 2.11 bits per heavy atom. The highest BCUT2D eigenvalue weighted by Crippen LogP contribution is 2.22. The van der Waals surface area contributed by atoms with Crippen LogP contribution in [0.5, 0.6) is 0 Å². The molecule has 1 fully saturated rings. The third-order valence-electron chi connectivity index (χ3n) is 4.33. The van der Waals surface area contributed by atoms with Gasteiger partial charge in [-0.05, 0) is 48.2 Å². The normalized spacial score (nSPS) is 15.5. The van der Waals surface area contributed by atoms with Crippen molar-refractivity contribution in [2.24, 2.45) is 5.92 Å². The Balaban J connectivity index is 1.70. The van der Waals surface area contributed by atoms with Crippen LogP contribution in [0.15, 0.2) is 53.4 Å². The number of carbonyl (C=O) groups excluding carboxylic acids is 1. The molecular weight excluding hydrogens is 375 g/mol. The van der Waals surface area contributed by atoms with Gasteiger partial charge in [0.25, 0.3) is 15.9 Å². The fourth-order valence-electron chi connectivity index (χ4n) is 2.80. The Morgan fingerprint density at radius 1 is 1.04 bits per heavy atom. The van der Waals surface area contributed by atoms with Crippen LogP contribution >= 0.6 is 0 Å². The van der Waals surface area contributed by atoms with E-state index in [9.17, 15) is 22.8 Å². The van der Waals surface area contributed by atoms with Crippen LogP contribution in [-0.2, 0) is 19.6 Å². The van der Waals surface area contributed by atoms with Crippen LogP contribution in [0.3, 0.4) is 0 Å². The molecule has 1 saturated heterocycles. The zero-order valence-corrected chi connectivity index (χ0v) is 15.2. The van der Waals surface area contributed by atoms with Crippen LogP contribution in [0, 0.1) is 11.7 Å². The molecule has 0 spiro atoms. The van der Waals surface area contributed by atoms with Gasteiger partial charge in [0, 0.05) is 19.1 Å². The van der Waals surface area contributed by atoms with Crippen molar-refractivity contribution >= 4 is 15.9 Å². The topological polar surface area (TPSA) is 95.9 Å². The molecule has 0 radical (unpaired) electrons. The zero-order chi connectivity index (χ0) is 19.4. The van der Waals surface area contributed by atoms with Gasteiger partial charge >= 0.3 is 0 Å². The molecule has 2 N–H and O–H groups in total. The summed E-state index contributed by atoms with van der Waals surface area (Å²) in [4.78, 5) is 13.9. The average molecular weight is 394 g/mol. The monoisotopic (exact) mass is 394 g/mol. The molecule has 7 nitrogen and oxygen atoms in total. The third kappa shape index (κ3) is 4.69. The molecule has 1 heterocycles. The molecule has 1 aliphatic rings. The summed E-state index contributed by atoms with van der Waals surface area (Å²) < 4.78 is 42.9. The molecule has 0 aliphatic carbocycles. The minimum absolute atomic E-state index is 0.0270. The van der Waals surface area contributed by atoms with Crippen LogP contribution < -0.4 is 4.83 Å². The Morgan fingerprint density at radius 2 is 1.56 bits per heavy atom. The number of ether oxygens (including phenoxy) is 1. The summed E-state index contributed by atoms with van der Waals surface area (Å²) in [7, 11) is -4.14. The lowest BCUT2D eigenvalue weighted by Crippen LogP contribution is -2.47. The van der Waals surface area contributed by atoms with Crippen molar-refractivity contribution in [2.75, 3.05) is 13.2 Å². The van der Waals surface area contributed by atoms with Crippen molar-refractivity contribution in [3.8, 4) is 11.1 Å². The number of hydroxylamine groups is 1. The Labute approximate surface area is 156 Å². The van der Waals surface area contributed by atoms with E-state index in [1.54, 1.807) is 24.3 Å². The summed E-state index contributed by atoms with van der Waals surface area (Å²) in [5.41, 5.74) is 1.43. The van der Waals surface area contributed by atoms with Crippen molar-refractivity contribution in [2.45, 2.75) is 17.7 Å². The summed E-state index contributed by atoms with van der Waals surface area (Å²) in [6, 6.07) is 11.6. The Bertz CT molecular complexity index is 894. The van der Waals surface area contributed by atoms with E-state index < -0.39 is 21.8 Å². The number of halogens is 1. The number of nitrogens with zero attached hydrogens (tertiary/aromatic N) is 1. The van der Waals surface area contributed by atoms with Gasteiger partial charge in [-0.1, -0.05) is 29.1 Å². The van der Waals surface area contributed by atoms with E-state index in [0.29, 0.717) is 31.6 Å². The second-order valence-corrected chi connectivity index (χ2v) is 7.82. The van der Waals surface area contributed by atoms with Gasteiger partial charge in [0.05, 0.1) is 4.90 Å². The highest BCUT2D eigenvalue weighted by molar-refractivity contribution is 7.89. The molecule has 1 aliphatic heterocycles. The summed E-state index contributed by atoms with van der Waals surface area (Å²) in [6.07, 6.45) is 0.841. The van der Waals surface area contributed by atoms with Gasteiger partial charge in [-0.2, -0.15) is 0 Å². The maximum absolute atomic E-state index is 13.0. The van der Waals surface area contributed by atoms with Crippen molar-refractivity contribution in [1.82, 2.24) is 10.0 Å². The minimum atomic E-state index is -4.14. The Hall–Kier alpha value is -2.33. The number of amides is 1. The number of nitrogens with one attached hydrogen (secondary N) is 1. The predicted molar refractivity (Wildman–Crippen MR) is 94.3 cm³/mol. The number of hydrazine groups is 1. The van der Waals surface area contributed by atoms with Crippen LogP contribution in [0.25, 0.3) is 11.1 Å². The standard InChI is InChI=1S/C18H19FN2O5S/c19-16-5-1-13(2-6-16)14-3-7-17(8-4-14)27(24,25)20-21(23)18(22)15-9-11-26-12-10-15/h1-8,15,20,23H,9-12H2. The summed E-state index contributed by atoms with van der Waals surface area (Å²) in [5.74, 6) is -1.57. The molecule has 0 unspecified atom stereocenters. The molecule has 9 heteroatoms. The van der Waals surface area contributed by atoms with E-state index in [1.807, 2.05) is 4.83 Å². The first-order valence-electron chi connectivity index (χ1n) is 8.36. The molecular formula is C18H19FN2O5S. The zero-order valence-electron chi connectivity index (χ0n) is 14.3. The summed E-state index contributed by atoms with van der Waals surface area (Å²) in [5, 5.41) is 9.87. The van der Waals surface area contributed by atoms with Crippen LogP contribution in [0.4, 0.5) is 4.39 Å². The molecule has 1 amide bonds. The van der Waals surface area contributed by atoms with Gasteiger partial charge < -0.3 is 4.74 Å². The van der Waals surface area contributed by atoms with Crippen LogP contribution in [-0.4, -0.2) is 37.9 Å². The van der Waals surface area contributed by atoms with E-state index in [4.69, 9.17) is 4.74 Å². The number of carbonyl (C=O) groups is 1. The highest BCUT2D eigenvalue weighted by Gasteiger charge is 2.29. The van der Waals surface area contributed by atoms with Gasteiger partial charge in [-0.15, -0.1) is 5.17 Å². The van der Waals surface area contributed by atoms with Gasteiger partial charge in [-0.3, -0.25) is 10.0 Å². The second-order valence-electron chi connectivity index (χ2n) is 6.16. The molecule has 0 atom stereocenters. The van der Waals surface area contributed by atoms with Gasteiger partial charge in [0.15, 0.2) is 0 Å².